The van der Waals surface area contributed by atoms with Gasteiger partial charge in [-0.1, -0.05) is 47.6 Å². The lowest BCUT2D eigenvalue weighted by molar-refractivity contribution is -0.191. The van der Waals surface area contributed by atoms with Crippen LogP contribution in [-0.4, -0.2) is 6.15 Å². The van der Waals surface area contributed by atoms with E-state index in [0.29, 0.717) is 0 Å². The first-order valence-corrected chi connectivity index (χ1v) is 7.08. The monoisotopic (exact) mass is 374 g/mol. The Balaban J connectivity index is 0.000000191. The van der Waals surface area contributed by atoms with E-state index < -0.39 is 0 Å². The van der Waals surface area contributed by atoms with Crippen LogP contribution in [0.4, 0.5) is 0 Å². The minimum absolute atomic E-state index is 0. The highest BCUT2D eigenvalue weighted by molar-refractivity contribution is 9.10. The smallest absolute Gasteiger partial charge is 0.373 e. The highest BCUT2D eigenvalue weighted by Gasteiger charge is 1.94. The predicted octanol–water partition coefficient (Wildman–Crippen LogP) is 5.68. The molecule has 0 spiro atoms. The maximum absolute atomic E-state index is 8.12. The number of rotatable bonds is 0. The van der Waals surface area contributed by atoms with Gasteiger partial charge < -0.3 is 8.83 Å². The molecule has 4 aromatic rings. The molecule has 0 aliphatic carbocycles. The lowest BCUT2D eigenvalue weighted by Crippen LogP contribution is -1.62. The van der Waals surface area contributed by atoms with Gasteiger partial charge in [0, 0.05) is 15.2 Å². The molecular weight excluding hydrogens is 360 g/mol. The molecule has 0 saturated heterocycles. The first-order valence-electron chi connectivity index (χ1n) is 6.29. The van der Waals surface area contributed by atoms with E-state index in [1.165, 1.54) is 0 Å². The summed E-state index contributed by atoms with van der Waals surface area (Å²) in [5.41, 5.74) is 1.88. The molecule has 5 heteroatoms. The average molecular weight is 375 g/mol. The number of carbonyl (C=O) groups excluding carboxylic acids is 2. The van der Waals surface area contributed by atoms with Crippen molar-refractivity contribution in [3.05, 3.63) is 71.6 Å². The molecule has 2 aromatic heterocycles. The number of halogens is 1. The summed E-state index contributed by atoms with van der Waals surface area (Å²) >= 11 is 3.36. The van der Waals surface area contributed by atoms with Crippen molar-refractivity contribution in [2.75, 3.05) is 0 Å². The number of furan rings is 2. The Morgan fingerprint density at radius 2 is 1.35 bits per heavy atom. The summed E-state index contributed by atoms with van der Waals surface area (Å²) in [5, 5.41) is 2.31. The molecule has 0 bridgehead atoms. The van der Waals surface area contributed by atoms with E-state index in [1.807, 2.05) is 54.6 Å². The van der Waals surface area contributed by atoms with Crippen LogP contribution in [0, 0.1) is 0 Å². The number of hydrogen-bond donors (Lipinski definition) is 0. The van der Waals surface area contributed by atoms with E-state index in [1.54, 1.807) is 12.5 Å². The molecule has 0 N–H and O–H groups in total. The van der Waals surface area contributed by atoms with E-state index >= 15 is 0 Å². The highest BCUT2D eigenvalue weighted by Crippen LogP contribution is 2.19. The normalized spacial score (nSPS) is 8.91. The van der Waals surface area contributed by atoms with E-state index in [4.69, 9.17) is 18.4 Å². The summed E-state index contributed by atoms with van der Waals surface area (Å²) in [6, 6.07) is 17.8. The van der Waals surface area contributed by atoms with Crippen LogP contribution in [-0.2, 0) is 9.59 Å². The Labute approximate surface area is 141 Å². The van der Waals surface area contributed by atoms with E-state index in [9.17, 15) is 0 Å². The van der Waals surface area contributed by atoms with Crippen molar-refractivity contribution in [2.24, 2.45) is 0 Å². The van der Waals surface area contributed by atoms with Gasteiger partial charge in [0.2, 0.25) is 0 Å². The Hall–Kier alpha value is -2.62. The van der Waals surface area contributed by atoms with Crippen LogP contribution < -0.4 is 0 Å². The molecule has 0 aliphatic rings. The number of benzene rings is 2. The summed E-state index contributed by atoms with van der Waals surface area (Å²) in [6.07, 6.45) is 3.64. The lowest BCUT2D eigenvalue weighted by Gasteiger charge is -1.87. The molecule has 0 amide bonds. The van der Waals surface area contributed by atoms with Crippen molar-refractivity contribution in [3.63, 3.8) is 0 Å². The second-order valence-electron chi connectivity index (χ2n) is 4.14. The lowest BCUT2D eigenvalue weighted by atomic mass is 10.3. The van der Waals surface area contributed by atoms with Crippen LogP contribution >= 0.6 is 15.9 Å². The quantitative estimate of drug-likeness (QED) is 0.397. The van der Waals surface area contributed by atoms with Crippen molar-refractivity contribution in [1.82, 2.24) is 0 Å². The maximum Gasteiger partial charge on any atom is 0.373 e. The SMILES string of the molecule is Brc1ccc2ccoc2c1.C.O=C=O.c1ccc2occc2c1. The molecule has 4 rings (SSSR count). The third-order valence-corrected chi connectivity index (χ3v) is 3.27. The standard InChI is InChI=1S/C8H5BrO.C8H6O.CO2.CH4/c9-7-2-1-6-3-4-10-8(6)5-7;1-2-4-8-7(3-1)5-6-9-8;2-1-3;/h1-5H;1-6H;;1H4. The van der Waals surface area contributed by atoms with E-state index in [-0.39, 0.29) is 13.6 Å². The fourth-order valence-corrected chi connectivity index (χ4v) is 2.17. The molecule has 2 heterocycles. The molecule has 0 fully saturated rings. The van der Waals surface area contributed by atoms with Crippen LogP contribution in [0.3, 0.4) is 0 Å². The van der Waals surface area contributed by atoms with Gasteiger partial charge in [-0.15, -0.1) is 0 Å². The fourth-order valence-electron chi connectivity index (χ4n) is 1.83. The van der Waals surface area contributed by atoms with Gasteiger partial charge in [-0.25, -0.2) is 0 Å². The van der Waals surface area contributed by atoms with Gasteiger partial charge >= 0.3 is 6.15 Å². The third kappa shape index (κ3) is 5.25. The molecule has 4 nitrogen and oxygen atoms in total. The van der Waals surface area contributed by atoms with Crippen molar-refractivity contribution in [2.45, 2.75) is 7.43 Å². The van der Waals surface area contributed by atoms with Gasteiger partial charge in [-0.3, -0.25) is 0 Å². The van der Waals surface area contributed by atoms with Crippen molar-refractivity contribution in [3.8, 4) is 0 Å². The molecule has 2 aromatic carbocycles. The summed E-state index contributed by atoms with van der Waals surface area (Å²) < 4.78 is 11.3. The Morgan fingerprint density at radius 3 is 2.00 bits per heavy atom. The largest absolute Gasteiger partial charge is 0.464 e. The van der Waals surface area contributed by atoms with Crippen LogP contribution in [0.5, 0.6) is 0 Å². The zero-order valence-corrected chi connectivity index (χ0v) is 12.9. The molecular formula is C18H15BrO4. The minimum Gasteiger partial charge on any atom is -0.464 e. The Morgan fingerprint density at radius 1 is 0.783 bits per heavy atom. The summed E-state index contributed by atoms with van der Waals surface area (Å²) in [5.74, 6) is 0. The van der Waals surface area contributed by atoms with Crippen LogP contribution in [0.15, 0.2) is 80.4 Å². The predicted molar refractivity (Wildman–Crippen MR) is 91.9 cm³/mol. The summed E-state index contributed by atoms with van der Waals surface area (Å²) in [6.45, 7) is 0. The van der Waals surface area contributed by atoms with Gasteiger partial charge in [-0.05, 0) is 30.3 Å². The van der Waals surface area contributed by atoms with Gasteiger partial charge in [0.25, 0.3) is 0 Å². The Bertz CT molecular complexity index is 856. The molecule has 23 heavy (non-hydrogen) atoms. The van der Waals surface area contributed by atoms with Crippen molar-refractivity contribution in [1.29, 1.82) is 0 Å². The number of hydrogen-bond acceptors (Lipinski definition) is 4. The molecule has 0 aliphatic heterocycles. The maximum atomic E-state index is 8.12. The molecule has 0 saturated carbocycles. The van der Waals surface area contributed by atoms with Crippen molar-refractivity contribution < 1.29 is 18.4 Å². The van der Waals surface area contributed by atoms with Crippen LogP contribution in [0.2, 0.25) is 0 Å². The second kappa shape index (κ2) is 9.41. The average Bonchev–Trinajstić information content (AvgIpc) is 3.16. The van der Waals surface area contributed by atoms with E-state index in [2.05, 4.69) is 15.9 Å². The van der Waals surface area contributed by atoms with Crippen LogP contribution in [0.1, 0.15) is 7.43 Å². The molecule has 0 atom stereocenters. The Kier molecular flexibility index (Phi) is 7.54. The van der Waals surface area contributed by atoms with Gasteiger partial charge in [-0.2, -0.15) is 9.59 Å². The topological polar surface area (TPSA) is 60.4 Å². The first-order chi connectivity index (χ1) is 10.7. The highest BCUT2D eigenvalue weighted by atomic mass is 79.9. The van der Waals surface area contributed by atoms with E-state index in [0.717, 1.165) is 26.4 Å². The summed E-state index contributed by atoms with van der Waals surface area (Å²) in [4.78, 5) is 16.2. The van der Waals surface area contributed by atoms with Crippen LogP contribution in [0.25, 0.3) is 21.9 Å². The fraction of sp³-hybridized carbons (Fsp3) is 0.0556. The summed E-state index contributed by atoms with van der Waals surface area (Å²) in [7, 11) is 0. The minimum atomic E-state index is 0. The first kappa shape index (κ1) is 18.4. The number of para-hydroxylation sites is 1. The second-order valence-corrected chi connectivity index (χ2v) is 5.06. The zero-order chi connectivity index (χ0) is 15.8. The van der Waals surface area contributed by atoms with Crippen molar-refractivity contribution >= 4 is 44.0 Å². The zero-order valence-electron chi connectivity index (χ0n) is 11.4. The van der Waals surface area contributed by atoms with Gasteiger partial charge in [0.15, 0.2) is 0 Å². The molecule has 118 valence electrons. The van der Waals surface area contributed by atoms with Gasteiger partial charge in [0.1, 0.15) is 11.2 Å². The molecule has 0 radical (unpaired) electrons. The molecule has 0 unspecified atom stereocenters. The van der Waals surface area contributed by atoms with Gasteiger partial charge in [0.05, 0.1) is 12.5 Å². The third-order valence-electron chi connectivity index (χ3n) is 2.78. The number of fused-ring (bicyclic) bond motifs is 2.